The summed E-state index contributed by atoms with van der Waals surface area (Å²) in [5.41, 5.74) is 2.27. The van der Waals surface area contributed by atoms with E-state index >= 15 is 0 Å². The number of rotatable bonds is 9. The predicted molar refractivity (Wildman–Crippen MR) is 128 cm³/mol. The van der Waals surface area contributed by atoms with E-state index in [1.54, 1.807) is 49.4 Å². The minimum atomic E-state index is -0.755. The van der Waals surface area contributed by atoms with Crippen LogP contribution in [-0.4, -0.2) is 34.7 Å². The van der Waals surface area contributed by atoms with Crippen molar-refractivity contribution in [3.8, 4) is 11.5 Å². The second-order valence-electron chi connectivity index (χ2n) is 6.67. The Morgan fingerprint density at radius 3 is 2.62 bits per heavy atom. The molecule has 2 amide bonds. The molecule has 11 heteroatoms. The number of nitro groups is 1. The number of hydrogen-bond acceptors (Lipinski definition) is 8. The molecule has 3 aromatic rings. The molecule has 3 N–H and O–H groups in total. The van der Waals surface area contributed by atoms with Crippen molar-refractivity contribution in [2.24, 2.45) is 5.10 Å². The number of carbonyl (C=O) groups is 2. The van der Waals surface area contributed by atoms with Gasteiger partial charge in [0.05, 0.1) is 17.7 Å². The van der Waals surface area contributed by atoms with Crippen LogP contribution in [-0.2, 0) is 4.79 Å². The van der Waals surface area contributed by atoms with E-state index in [2.05, 4.69) is 15.8 Å². The highest BCUT2D eigenvalue weighted by molar-refractivity contribution is 7.10. The first-order valence-electron chi connectivity index (χ1n) is 9.98. The molecule has 0 fully saturated rings. The molecule has 1 aromatic heterocycles. The molecule has 0 bridgehead atoms. The van der Waals surface area contributed by atoms with E-state index in [9.17, 15) is 24.8 Å². The molecule has 0 saturated heterocycles. The summed E-state index contributed by atoms with van der Waals surface area (Å²) in [4.78, 5) is 36.5. The average Bonchev–Trinajstić information content (AvgIpc) is 3.34. The lowest BCUT2D eigenvalue weighted by atomic mass is 10.2. The number of phenols is 1. The third-order valence-electron chi connectivity index (χ3n) is 4.31. The van der Waals surface area contributed by atoms with Gasteiger partial charge in [-0.05, 0) is 42.6 Å². The van der Waals surface area contributed by atoms with Gasteiger partial charge in [0.25, 0.3) is 11.8 Å². The third-order valence-corrected chi connectivity index (χ3v) is 5.13. The van der Waals surface area contributed by atoms with Gasteiger partial charge in [-0.25, -0.2) is 5.43 Å². The summed E-state index contributed by atoms with van der Waals surface area (Å²) in [5.74, 6) is -1.86. The van der Waals surface area contributed by atoms with Crippen molar-refractivity contribution in [1.29, 1.82) is 0 Å². The maximum atomic E-state index is 12.7. The summed E-state index contributed by atoms with van der Waals surface area (Å²) >= 11 is 1.38. The Labute approximate surface area is 198 Å². The first-order valence-corrected chi connectivity index (χ1v) is 10.9. The molecule has 3 rings (SSSR count). The zero-order chi connectivity index (χ0) is 24.5. The summed E-state index contributed by atoms with van der Waals surface area (Å²) in [6, 6.07) is 14.4. The molecular formula is C23H20N4O6S. The average molecular weight is 481 g/mol. The molecule has 1 heterocycles. The maximum Gasteiger partial charge on any atom is 0.315 e. The Balaban J connectivity index is 1.80. The molecule has 0 radical (unpaired) electrons. The van der Waals surface area contributed by atoms with Crippen LogP contribution in [0.15, 0.2) is 70.8 Å². The van der Waals surface area contributed by atoms with E-state index in [1.807, 2.05) is 5.38 Å². The SMILES string of the molecule is CCOc1cc(/C=N/NC(=O)C(=Cc2cccs2)NC(=O)c2ccccc2)cc([N+](=O)[O-])c1O. The highest BCUT2D eigenvalue weighted by atomic mass is 32.1. The number of aromatic hydroxyl groups is 1. The largest absolute Gasteiger partial charge is 0.500 e. The normalized spacial score (nSPS) is 11.3. The number of hydrogen-bond donors (Lipinski definition) is 3. The lowest BCUT2D eigenvalue weighted by Gasteiger charge is -2.09. The molecule has 0 aliphatic carbocycles. The van der Waals surface area contributed by atoms with Gasteiger partial charge in [0.1, 0.15) is 5.70 Å². The molecule has 0 aliphatic heterocycles. The fourth-order valence-electron chi connectivity index (χ4n) is 2.78. The van der Waals surface area contributed by atoms with Gasteiger partial charge in [0.2, 0.25) is 5.75 Å². The number of hydrazone groups is 1. The Morgan fingerprint density at radius 2 is 1.97 bits per heavy atom. The number of carbonyl (C=O) groups excluding carboxylic acids is 2. The van der Waals surface area contributed by atoms with E-state index in [4.69, 9.17) is 4.74 Å². The fourth-order valence-corrected chi connectivity index (χ4v) is 3.43. The highest BCUT2D eigenvalue weighted by Crippen LogP contribution is 2.36. The van der Waals surface area contributed by atoms with Gasteiger partial charge in [0, 0.05) is 22.1 Å². The van der Waals surface area contributed by atoms with E-state index in [-0.39, 0.29) is 23.6 Å². The summed E-state index contributed by atoms with van der Waals surface area (Å²) in [7, 11) is 0. The van der Waals surface area contributed by atoms with Crippen LogP contribution in [0, 0.1) is 10.1 Å². The third kappa shape index (κ3) is 6.26. The fraction of sp³-hybridized carbons (Fsp3) is 0.0870. The van der Waals surface area contributed by atoms with E-state index in [1.165, 1.54) is 23.5 Å². The molecule has 2 aromatic carbocycles. The number of nitrogens with zero attached hydrogens (tertiary/aromatic N) is 2. The van der Waals surface area contributed by atoms with Crippen LogP contribution in [0.5, 0.6) is 11.5 Å². The number of thiophene rings is 1. The standard InChI is InChI=1S/C23H20N4O6S/c1-2-33-20-12-15(11-19(21(20)28)27(31)32)14-24-26-23(30)18(13-17-9-6-10-34-17)25-22(29)16-7-4-3-5-8-16/h3-14,28H,2H2,1H3,(H,25,29)(H,26,30)/b18-13?,24-14+. The van der Waals surface area contributed by atoms with Gasteiger partial charge < -0.3 is 15.2 Å². The van der Waals surface area contributed by atoms with Gasteiger partial charge in [-0.1, -0.05) is 24.3 Å². The van der Waals surface area contributed by atoms with Crippen LogP contribution in [0.25, 0.3) is 6.08 Å². The van der Waals surface area contributed by atoms with Crippen LogP contribution < -0.4 is 15.5 Å². The molecule has 0 atom stereocenters. The monoisotopic (exact) mass is 480 g/mol. The number of ether oxygens (including phenoxy) is 1. The lowest BCUT2D eigenvalue weighted by Crippen LogP contribution is -2.32. The predicted octanol–water partition coefficient (Wildman–Crippen LogP) is 3.68. The zero-order valence-corrected chi connectivity index (χ0v) is 18.7. The van der Waals surface area contributed by atoms with Gasteiger partial charge in [-0.15, -0.1) is 11.3 Å². The molecule has 10 nitrogen and oxygen atoms in total. The van der Waals surface area contributed by atoms with Crippen molar-refractivity contribution < 1.29 is 24.4 Å². The molecule has 0 unspecified atom stereocenters. The van der Waals surface area contributed by atoms with E-state index in [0.29, 0.717) is 5.56 Å². The minimum absolute atomic E-state index is 0.0415. The molecule has 174 valence electrons. The first kappa shape index (κ1) is 24.1. The van der Waals surface area contributed by atoms with Gasteiger partial charge in [0.15, 0.2) is 5.75 Å². The van der Waals surface area contributed by atoms with E-state index < -0.39 is 28.2 Å². The number of phenolic OH excluding ortho intramolecular Hbond substituents is 1. The van der Waals surface area contributed by atoms with Crippen molar-refractivity contribution in [3.05, 3.63) is 91.8 Å². The molecular weight excluding hydrogens is 460 g/mol. The summed E-state index contributed by atoms with van der Waals surface area (Å²) < 4.78 is 5.22. The summed E-state index contributed by atoms with van der Waals surface area (Å²) in [6.07, 6.45) is 2.67. The second-order valence-corrected chi connectivity index (χ2v) is 7.65. The topological polar surface area (TPSA) is 143 Å². The molecule has 0 aliphatic rings. The second kappa shape index (κ2) is 11.4. The lowest BCUT2D eigenvalue weighted by molar-refractivity contribution is -0.386. The van der Waals surface area contributed by atoms with E-state index in [0.717, 1.165) is 17.2 Å². The molecule has 0 spiro atoms. The van der Waals surface area contributed by atoms with Crippen LogP contribution in [0.2, 0.25) is 0 Å². The van der Waals surface area contributed by atoms with Gasteiger partial charge >= 0.3 is 5.69 Å². The first-order chi connectivity index (χ1) is 16.4. The quantitative estimate of drug-likeness (QED) is 0.184. The number of benzene rings is 2. The van der Waals surface area contributed by atoms with Crippen molar-refractivity contribution in [1.82, 2.24) is 10.7 Å². The van der Waals surface area contributed by atoms with Crippen molar-refractivity contribution in [3.63, 3.8) is 0 Å². The maximum absolute atomic E-state index is 12.7. The Hall–Kier alpha value is -4.51. The zero-order valence-electron chi connectivity index (χ0n) is 17.9. The minimum Gasteiger partial charge on any atom is -0.500 e. The molecule has 0 saturated carbocycles. The van der Waals surface area contributed by atoms with Crippen LogP contribution in [0.4, 0.5) is 5.69 Å². The number of amides is 2. The molecule has 34 heavy (non-hydrogen) atoms. The van der Waals surface area contributed by atoms with Crippen LogP contribution >= 0.6 is 11.3 Å². The van der Waals surface area contributed by atoms with Crippen LogP contribution in [0.1, 0.15) is 27.7 Å². The number of nitro benzene ring substituents is 1. The van der Waals surface area contributed by atoms with Gasteiger partial charge in [-0.3, -0.25) is 19.7 Å². The van der Waals surface area contributed by atoms with Crippen molar-refractivity contribution >= 4 is 41.1 Å². The summed E-state index contributed by atoms with van der Waals surface area (Å²) in [6.45, 7) is 1.84. The van der Waals surface area contributed by atoms with Crippen molar-refractivity contribution in [2.75, 3.05) is 6.61 Å². The Morgan fingerprint density at radius 1 is 1.21 bits per heavy atom. The summed E-state index contributed by atoms with van der Waals surface area (Å²) in [5, 5.41) is 29.4. The smallest absolute Gasteiger partial charge is 0.315 e. The van der Waals surface area contributed by atoms with Gasteiger partial charge in [-0.2, -0.15) is 5.10 Å². The highest BCUT2D eigenvalue weighted by Gasteiger charge is 2.20. The van der Waals surface area contributed by atoms with Crippen LogP contribution in [0.3, 0.4) is 0 Å². The Bertz CT molecular complexity index is 1240. The Kier molecular flexibility index (Phi) is 8.08. The van der Waals surface area contributed by atoms with Crippen molar-refractivity contribution in [2.45, 2.75) is 6.92 Å². The number of nitrogens with one attached hydrogen (secondary N) is 2.